The molecule has 1 aromatic heterocycles. The summed E-state index contributed by atoms with van der Waals surface area (Å²) in [5, 5.41) is 1.13. The average molecular weight is 415 g/mol. The minimum atomic E-state index is 0.225. The normalized spacial score (nSPS) is 15.1. The van der Waals surface area contributed by atoms with Gasteiger partial charge in [0, 0.05) is 33.9 Å². The quantitative estimate of drug-likeness (QED) is 0.542. The summed E-state index contributed by atoms with van der Waals surface area (Å²) in [6.07, 6.45) is 4.79. The van der Waals surface area contributed by atoms with Gasteiger partial charge in [0.2, 0.25) is 5.91 Å². The van der Waals surface area contributed by atoms with Crippen molar-refractivity contribution in [2.24, 2.45) is 0 Å². The number of carbonyl (C=O) groups excluding carboxylic acids is 1. The number of anilines is 1. The van der Waals surface area contributed by atoms with Gasteiger partial charge in [0.05, 0.1) is 11.2 Å². The van der Waals surface area contributed by atoms with E-state index in [0.717, 1.165) is 40.4 Å². The van der Waals surface area contributed by atoms with Gasteiger partial charge in [0.1, 0.15) is 0 Å². The molecule has 0 N–H and O–H groups in total. The van der Waals surface area contributed by atoms with E-state index in [1.165, 1.54) is 10.5 Å². The Labute approximate surface area is 160 Å². The molecule has 5 heteroatoms. The van der Waals surface area contributed by atoms with Crippen molar-refractivity contribution in [2.45, 2.75) is 31.1 Å². The number of carbonyl (C=O) groups is 1. The first-order valence-electron chi connectivity index (χ1n) is 8.48. The van der Waals surface area contributed by atoms with Gasteiger partial charge < -0.3 is 4.90 Å². The molecular formula is C20H19BrN2OS. The number of para-hydroxylation sites is 1. The molecule has 2 aromatic carbocycles. The first-order chi connectivity index (χ1) is 12.1. The lowest BCUT2D eigenvalue weighted by Gasteiger charge is -2.27. The maximum absolute atomic E-state index is 12.5. The van der Waals surface area contributed by atoms with Gasteiger partial charge in [-0.3, -0.25) is 8.77 Å². The third-order valence-electron chi connectivity index (χ3n) is 4.56. The van der Waals surface area contributed by atoms with Crippen molar-refractivity contribution in [2.75, 3.05) is 11.4 Å². The first-order valence-corrected chi connectivity index (χ1v) is 10.0. The van der Waals surface area contributed by atoms with Crippen molar-refractivity contribution in [1.29, 1.82) is 0 Å². The van der Waals surface area contributed by atoms with Crippen LogP contribution in [0, 0.1) is 6.92 Å². The third-order valence-corrected chi connectivity index (χ3v) is 6.16. The smallest absolute Gasteiger partial charge is 0.227 e. The molecule has 1 saturated heterocycles. The van der Waals surface area contributed by atoms with Crippen LogP contribution in [0.1, 0.15) is 24.8 Å². The predicted molar refractivity (Wildman–Crippen MR) is 108 cm³/mol. The van der Waals surface area contributed by atoms with Crippen molar-refractivity contribution >= 4 is 50.4 Å². The molecular weight excluding hydrogens is 396 g/mol. The molecule has 1 amide bonds. The summed E-state index contributed by atoms with van der Waals surface area (Å²) in [6, 6.07) is 14.7. The van der Waals surface area contributed by atoms with Gasteiger partial charge in [0.15, 0.2) is 0 Å². The first kappa shape index (κ1) is 16.7. The maximum Gasteiger partial charge on any atom is 0.227 e. The van der Waals surface area contributed by atoms with E-state index < -0.39 is 0 Å². The third kappa shape index (κ3) is 3.23. The molecule has 128 valence electrons. The van der Waals surface area contributed by atoms with E-state index in [1.807, 2.05) is 11.0 Å². The highest BCUT2D eigenvalue weighted by atomic mass is 79.9. The highest BCUT2D eigenvalue weighted by Crippen LogP contribution is 2.38. The van der Waals surface area contributed by atoms with Crippen LogP contribution in [0.25, 0.3) is 10.9 Å². The molecule has 0 bridgehead atoms. The van der Waals surface area contributed by atoms with Gasteiger partial charge in [-0.2, -0.15) is 0 Å². The van der Waals surface area contributed by atoms with Gasteiger partial charge in [-0.05, 0) is 65.8 Å². The second-order valence-corrected chi connectivity index (χ2v) is 8.28. The number of aryl methyl sites for hydroxylation is 1. The minimum absolute atomic E-state index is 0.225. The molecule has 1 fully saturated rings. The average Bonchev–Trinajstić information content (AvgIpc) is 2.94. The van der Waals surface area contributed by atoms with E-state index in [0.29, 0.717) is 6.42 Å². The number of aromatic nitrogens is 1. The summed E-state index contributed by atoms with van der Waals surface area (Å²) in [7, 11) is 0. The number of nitrogens with zero attached hydrogens (tertiary/aromatic N) is 2. The molecule has 3 aromatic rings. The lowest BCUT2D eigenvalue weighted by atomic mass is 10.1. The number of benzene rings is 2. The van der Waals surface area contributed by atoms with Crippen molar-refractivity contribution in [3.8, 4) is 0 Å². The fourth-order valence-corrected chi connectivity index (χ4v) is 4.84. The number of amides is 1. The molecule has 2 heterocycles. The van der Waals surface area contributed by atoms with Gasteiger partial charge in [-0.25, -0.2) is 0 Å². The number of piperidine rings is 1. The van der Waals surface area contributed by atoms with Crippen LogP contribution in [0.4, 0.5) is 5.69 Å². The van der Waals surface area contributed by atoms with E-state index in [-0.39, 0.29) is 5.91 Å². The zero-order chi connectivity index (χ0) is 17.4. The van der Waals surface area contributed by atoms with Gasteiger partial charge in [-0.15, -0.1) is 0 Å². The molecule has 0 unspecified atom stereocenters. The van der Waals surface area contributed by atoms with E-state index >= 15 is 0 Å². The van der Waals surface area contributed by atoms with Crippen molar-refractivity contribution in [3.05, 3.63) is 58.7 Å². The lowest BCUT2D eigenvalue weighted by molar-refractivity contribution is -0.119. The maximum atomic E-state index is 12.5. The number of halogens is 1. The Hall–Kier alpha value is -1.72. The summed E-state index contributed by atoms with van der Waals surface area (Å²) in [6.45, 7) is 2.89. The van der Waals surface area contributed by atoms with E-state index in [4.69, 9.17) is 0 Å². The molecule has 3 nitrogen and oxygen atoms in total. The zero-order valence-electron chi connectivity index (χ0n) is 14.0. The highest BCUT2D eigenvalue weighted by molar-refractivity contribution is 9.10. The molecule has 4 rings (SSSR count). The SMILES string of the molecule is Cc1ccc(Sn2cc(Br)c3cccc(N4CCCCC4=O)c32)cc1. The molecule has 0 atom stereocenters. The van der Waals surface area contributed by atoms with Crippen LogP contribution >= 0.6 is 27.9 Å². The van der Waals surface area contributed by atoms with Crippen LogP contribution in [-0.2, 0) is 4.79 Å². The van der Waals surface area contributed by atoms with E-state index in [9.17, 15) is 4.79 Å². The molecule has 0 spiro atoms. The summed E-state index contributed by atoms with van der Waals surface area (Å²) in [4.78, 5) is 15.6. The fraction of sp³-hybridized carbons (Fsp3) is 0.250. The number of hydrogen-bond donors (Lipinski definition) is 0. The van der Waals surface area contributed by atoms with Crippen LogP contribution in [-0.4, -0.2) is 16.4 Å². The van der Waals surface area contributed by atoms with Gasteiger partial charge in [0.25, 0.3) is 0 Å². The van der Waals surface area contributed by atoms with Crippen LogP contribution in [0.3, 0.4) is 0 Å². The van der Waals surface area contributed by atoms with Gasteiger partial charge in [-0.1, -0.05) is 29.8 Å². The van der Waals surface area contributed by atoms with Gasteiger partial charge >= 0.3 is 0 Å². The summed E-state index contributed by atoms with van der Waals surface area (Å²) >= 11 is 5.35. The standard InChI is InChI=1S/C20H19BrN2OS/c1-14-8-10-15(11-9-14)25-23-13-17(21)16-5-4-6-18(20(16)23)22-12-3-2-7-19(22)24/h4-6,8-11,13H,2-3,7,12H2,1H3. The summed E-state index contributed by atoms with van der Waals surface area (Å²) < 4.78 is 3.22. The molecule has 1 aliphatic rings. The predicted octanol–water partition coefficient (Wildman–Crippen LogP) is 5.78. The second-order valence-electron chi connectivity index (χ2n) is 6.38. The van der Waals surface area contributed by atoms with Crippen LogP contribution in [0.15, 0.2) is 58.0 Å². The van der Waals surface area contributed by atoms with Crippen LogP contribution in [0.5, 0.6) is 0 Å². The van der Waals surface area contributed by atoms with Crippen molar-refractivity contribution in [1.82, 2.24) is 3.97 Å². The molecule has 1 aliphatic heterocycles. The number of rotatable bonds is 3. The van der Waals surface area contributed by atoms with Crippen LogP contribution in [0.2, 0.25) is 0 Å². The Morgan fingerprint density at radius 2 is 1.88 bits per heavy atom. The Bertz CT molecular complexity index is 933. The Morgan fingerprint density at radius 3 is 2.64 bits per heavy atom. The van der Waals surface area contributed by atoms with Crippen molar-refractivity contribution < 1.29 is 4.79 Å². The van der Waals surface area contributed by atoms with Crippen LogP contribution < -0.4 is 4.90 Å². The topological polar surface area (TPSA) is 25.2 Å². The Morgan fingerprint density at radius 1 is 1.08 bits per heavy atom. The van der Waals surface area contributed by atoms with E-state index in [2.05, 4.69) is 69.4 Å². The summed E-state index contributed by atoms with van der Waals surface area (Å²) in [5.41, 5.74) is 3.35. The highest BCUT2D eigenvalue weighted by Gasteiger charge is 2.23. The Balaban J connectivity index is 1.81. The van der Waals surface area contributed by atoms with E-state index in [1.54, 1.807) is 11.9 Å². The molecule has 0 radical (unpaired) electrons. The Kier molecular flexibility index (Phi) is 4.61. The molecule has 25 heavy (non-hydrogen) atoms. The van der Waals surface area contributed by atoms with Crippen molar-refractivity contribution in [3.63, 3.8) is 0 Å². The lowest BCUT2D eigenvalue weighted by Crippen LogP contribution is -2.35. The minimum Gasteiger partial charge on any atom is -0.310 e. The zero-order valence-corrected chi connectivity index (χ0v) is 16.4. The second kappa shape index (κ2) is 6.89. The largest absolute Gasteiger partial charge is 0.310 e. The summed E-state index contributed by atoms with van der Waals surface area (Å²) in [5.74, 6) is 0.225. The molecule has 0 aliphatic carbocycles. The fourth-order valence-electron chi connectivity index (χ4n) is 3.26. The number of fused-ring (bicyclic) bond motifs is 1. The molecule has 0 saturated carbocycles. The monoisotopic (exact) mass is 414 g/mol. The number of hydrogen-bond acceptors (Lipinski definition) is 2.